The van der Waals surface area contributed by atoms with E-state index in [0.717, 1.165) is 4.47 Å². The van der Waals surface area contributed by atoms with Crippen LogP contribution >= 0.6 is 15.9 Å². The van der Waals surface area contributed by atoms with E-state index >= 15 is 0 Å². The molecule has 0 atom stereocenters. The summed E-state index contributed by atoms with van der Waals surface area (Å²) in [6.45, 7) is 0. The van der Waals surface area contributed by atoms with Crippen molar-refractivity contribution in [1.82, 2.24) is 4.98 Å². The predicted octanol–water partition coefficient (Wildman–Crippen LogP) is 2.79. The standard InChI is InChI=1S/C13H9BrN2O3/c14-9-3-1-8(2-4-9)12(17)16-11-7-15-6-5-10(11)13(18)19/h1-7H,(H,16,17)(H,18,19). The van der Waals surface area contributed by atoms with Crippen LogP contribution in [-0.2, 0) is 0 Å². The van der Waals surface area contributed by atoms with Crippen LogP contribution in [0.3, 0.4) is 0 Å². The number of aromatic nitrogens is 1. The quantitative estimate of drug-likeness (QED) is 0.911. The van der Waals surface area contributed by atoms with Crippen molar-refractivity contribution in [2.75, 3.05) is 5.32 Å². The normalized spacial score (nSPS) is 9.95. The third-order valence-corrected chi connectivity index (χ3v) is 2.93. The van der Waals surface area contributed by atoms with E-state index in [1.165, 1.54) is 18.5 Å². The fourth-order valence-electron chi connectivity index (χ4n) is 1.48. The van der Waals surface area contributed by atoms with Gasteiger partial charge in [-0.2, -0.15) is 0 Å². The number of halogens is 1. The Labute approximate surface area is 117 Å². The van der Waals surface area contributed by atoms with Crippen LogP contribution in [0.15, 0.2) is 47.2 Å². The molecule has 2 N–H and O–H groups in total. The van der Waals surface area contributed by atoms with E-state index < -0.39 is 5.97 Å². The number of anilines is 1. The SMILES string of the molecule is O=C(Nc1cnccc1C(=O)O)c1ccc(Br)cc1. The topological polar surface area (TPSA) is 79.3 Å². The number of carbonyl (C=O) groups excluding carboxylic acids is 1. The smallest absolute Gasteiger partial charge is 0.337 e. The van der Waals surface area contributed by atoms with Crippen molar-refractivity contribution in [1.29, 1.82) is 0 Å². The van der Waals surface area contributed by atoms with Crippen molar-refractivity contribution in [3.63, 3.8) is 0 Å². The van der Waals surface area contributed by atoms with Gasteiger partial charge in [-0.05, 0) is 30.3 Å². The van der Waals surface area contributed by atoms with E-state index in [1.807, 2.05) is 0 Å². The van der Waals surface area contributed by atoms with Crippen molar-refractivity contribution >= 4 is 33.5 Å². The zero-order chi connectivity index (χ0) is 13.8. The lowest BCUT2D eigenvalue weighted by Gasteiger charge is -2.07. The molecule has 0 unspecified atom stereocenters. The Hall–Kier alpha value is -2.21. The van der Waals surface area contributed by atoms with Crippen LogP contribution in [0.4, 0.5) is 5.69 Å². The first-order valence-electron chi connectivity index (χ1n) is 5.32. The van der Waals surface area contributed by atoms with Crippen LogP contribution in [-0.4, -0.2) is 22.0 Å². The van der Waals surface area contributed by atoms with Crippen molar-refractivity contribution in [2.24, 2.45) is 0 Å². The molecule has 19 heavy (non-hydrogen) atoms. The van der Waals surface area contributed by atoms with Gasteiger partial charge >= 0.3 is 5.97 Å². The molecule has 1 aromatic heterocycles. The van der Waals surface area contributed by atoms with E-state index in [0.29, 0.717) is 5.56 Å². The summed E-state index contributed by atoms with van der Waals surface area (Å²) < 4.78 is 0.858. The van der Waals surface area contributed by atoms with Gasteiger partial charge in [0.15, 0.2) is 0 Å². The van der Waals surface area contributed by atoms with E-state index in [9.17, 15) is 9.59 Å². The fourth-order valence-corrected chi connectivity index (χ4v) is 1.74. The Morgan fingerprint density at radius 2 is 1.84 bits per heavy atom. The van der Waals surface area contributed by atoms with E-state index in [1.54, 1.807) is 24.3 Å². The van der Waals surface area contributed by atoms with Gasteiger partial charge in [0.1, 0.15) is 0 Å². The zero-order valence-electron chi connectivity index (χ0n) is 9.63. The van der Waals surface area contributed by atoms with Crippen LogP contribution in [0, 0.1) is 0 Å². The molecule has 6 heteroatoms. The van der Waals surface area contributed by atoms with Gasteiger partial charge in [-0.25, -0.2) is 4.79 Å². The molecule has 0 aliphatic carbocycles. The largest absolute Gasteiger partial charge is 0.478 e. The van der Waals surface area contributed by atoms with Gasteiger partial charge < -0.3 is 10.4 Å². The number of carboxylic acids is 1. The first-order valence-corrected chi connectivity index (χ1v) is 6.11. The first-order chi connectivity index (χ1) is 9.08. The molecule has 5 nitrogen and oxygen atoms in total. The molecule has 1 heterocycles. The minimum absolute atomic E-state index is 0.000427. The van der Waals surface area contributed by atoms with Gasteiger partial charge in [-0.1, -0.05) is 15.9 Å². The summed E-state index contributed by atoms with van der Waals surface area (Å²) in [6.07, 6.45) is 2.67. The third-order valence-electron chi connectivity index (χ3n) is 2.41. The fraction of sp³-hybridized carbons (Fsp3) is 0. The van der Waals surface area contributed by atoms with Crippen LogP contribution in [0.25, 0.3) is 0 Å². The molecule has 2 aromatic rings. The van der Waals surface area contributed by atoms with Crippen LogP contribution in [0.1, 0.15) is 20.7 Å². The molecule has 0 fully saturated rings. The monoisotopic (exact) mass is 320 g/mol. The number of aromatic carboxylic acids is 1. The lowest BCUT2D eigenvalue weighted by molar-refractivity contribution is 0.0698. The summed E-state index contributed by atoms with van der Waals surface area (Å²) in [7, 11) is 0. The third kappa shape index (κ3) is 3.17. The molecule has 0 bridgehead atoms. The van der Waals surface area contributed by atoms with Gasteiger partial charge in [-0.3, -0.25) is 9.78 Å². The highest BCUT2D eigenvalue weighted by atomic mass is 79.9. The lowest BCUT2D eigenvalue weighted by atomic mass is 10.2. The minimum Gasteiger partial charge on any atom is -0.478 e. The number of amides is 1. The molecule has 0 aliphatic rings. The highest BCUT2D eigenvalue weighted by molar-refractivity contribution is 9.10. The van der Waals surface area contributed by atoms with Crippen molar-refractivity contribution < 1.29 is 14.7 Å². The summed E-state index contributed by atoms with van der Waals surface area (Å²) in [4.78, 5) is 26.8. The van der Waals surface area contributed by atoms with Gasteiger partial charge in [0, 0.05) is 16.2 Å². The highest BCUT2D eigenvalue weighted by Crippen LogP contribution is 2.16. The predicted molar refractivity (Wildman–Crippen MR) is 73.3 cm³/mol. The molecule has 0 saturated heterocycles. The van der Waals surface area contributed by atoms with Gasteiger partial charge in [-0.15, -0.1) is 0 Å². The maximum Gasteiger partial charge on any atom is 0.337 e. The molecular weight excluding hydrogens is 312 g/mol. The number of nitrogens with one attached hydrogen (secondary N) is 1. The number of carboxylic acid groups (broad SMARTS) is 1. The number of hydrogen-bond acceptors (Lipinski definition) is 3. The maximum absolute atomic E-state index is 12.0. The van der Waals surface area contributed by atoms with Crippen LogP contribution in [0.2, 0.25) is 0 Å². The number of carbonyl (C=O) groups is 2. The molecule has 0 aliphatic heterocycles. The average molecular weight is 321 g/mol. The van der Waals surface area contributed by atoms with E-state index in [4.69, 9.17) is 5.11 Å². The molecule has 96 valence electrons. The molecule has 0 radical (unpaired) electrons. The second-order valence-corrected chi connectivity index (χ2v) is 4.60. The Morgan fingerprint density at radius 3 is 2.47 bits per heavy atom. The summed E-state index contributed by atoms with van der Waals surface area (Å²) in [6, 6.07) is 8.07. The van der Waals surface area contributed by atoms with Crippen molar-refractivity contribution in [2.45, 2.75) is 0 Å². The van der Waals surface area contributed by atoms with Gasteiger partial charge in [0.05, 0.1) is 17.4 Å². The van der Waals surface area contributed by atoms with Gasteiger partial charge in [0.25, 0.3) is 5.91 Å². The Kier molecular flexibility index (Phi) is 3.91. The number of rotatable bonds is 3. The van der Waals surface area contributed by atoms with Crippen molar-refractivity contribution in [3.8, 4) is 0 Å². The Bertz CT molecular complexity index is 626. The maximum atomic E-state index is 12.0. The van der Waals surface area contributed by atoms with Crippen molar-refractivity contribution in [3.05, 3.63) is 58.3 Å². The molecular formula is C13H9BrN2O3. The lowest BCUT2D eigenvalue weighted by Crippen LogP contribution is -2.14. The number of pyridine rings is 1. The minimum atomic E-state index is -1.12. The van der Waals surface area contributed by atoms with E-state index in [-0.39, 0.29) is 17.2 Å². The highest BCUT2D eigenvalue weighted by Gasteiger charge is 2.13. The molecule has 1 amide bonds. The zero-order valence-corrected chi connectivity index (χ0v) is 11.2. The Morgan fingerprint density at radius 1 is 1.16 bits per heavy atom. The number of nitrogens with zero attached hydrogens (tertiary/aromatic N) is 1. The van der Waals surface area contributed by atoms with E-state index in [2.05, 4.69) is 26.2 Å². The van der Waals surface area contributed by atoms with Gasteiger partial charge in [0.2, 0.25) is 0 Å². The Balaban J connectivity index is 2.24. The molecule has 0 saturated carbocycles. The summed E-state index contributed by atoms with van der Waals surface area (Å²) in [5.74, 6) is -1.50. The number of benzene rings is 1. The summed E-state index contributed by atoms with van der Waals surface area (Å²) in [5.41, 5.74) is 0.603. The average Bonchev–Trinajstić information content (AvgIpc) is 2.39. The van der Waals surface area contributed by atoms with Crippen LogP contribution in [0.5, 0.6) is 0 Å². The summed E-state index contributed by atoms with van der Waals surface area (Å²) >= 11 is 3.27. The second-order valence-electron chi connectivity index (χ2n) is 3.69. The first kappa shape index (κ1) is 13.2. The molecule has 2 rings (SSSR count). The molecule has 0 spiro atoms. The number of hydrogen-bond donors (Lipinski definition) is 2. The summed E-state index contributed by atoms with van der Waals surface area (Å²) in [5, 5.41) is 11.5. The molecule has 1 aromatic carbocycles. The van der Waals surface area contributed by atoms with Crippen LogP contribution < -0.4 is 5.32 Å². The second kappa shape index (κ2) is 5.62.